The molecule has 0 radical (unpaired) electrons. The highest BCUT2D eigenvalue weighted by Crippen LogP contribution is 2.55. The lowest BCUT2D eigenvalue weighted by atomic mass is 9.53. The molecule has 4 saturated carbocycles. The van der Waals surface area contributed by atoms with Gasteiger partial charge in [-0.2, -0.15) is 0 Å². The Labute approximate surface area is 182 Å². The molecule has 0 saturated heterocycles. The minimum Gasteiger partial charge on any atom is -0.497 e. The quantitative estimate of drug-likeness (QED) is 0.685. The summed E-state index contributed by atoms with van der Waals surface area (Å²) in [7, 11) is 3.64. The molecule has 0 unspecified atom stereocenters. The average Bonchev–Trinajstić information content (AvgIpc) is 3.05. The predicted octanol–water partition coefficient (Wildman–Crippen LogP) is 3.59. The number of hydrogen-bond donors (Lipinski definition) is 1. The molecule has 1 aromatic carbocycles. The fourth-order valence-electron chi connectivity index (χ4n) is 6.28. The number of aromatic nitrogens is 3. The number of methoxy groups -OCH3 is 1. The maximum atomic E-state index is 12.8. The fraction of sp³-hybridized carbons (Fsp3) is 0.609. The summed E-state index contributed by atoms with van der Waals surface area (Å²) in [5.41, 5.74) is 1.23. The third-order valence-corrected chi connectivity index (χ3v) is 8.24. The van der Waals surface area contributed by atoms with Crippen molar-refractivity contribution in [1.82, 2.24) is 20.1 Å². The van der Waals surface area contributed by atoms with Gasteiger partial charge in [0, 0.05) is 19.0 Å². The zero-order chi connectivity index (χ0) is 20.7. The zero-order valence-corrected chi connectivity index (χ0v) is 18.6. The Morgan fingerprint density at radius 3 is 2.37 bits per heavy atom. The largest absolute Gasteiger partial charge is 0.497 e. The number of carbonyl (C=O) groups excluding carboxylic acids is 1. The van der Waals surface area contributed by atoms with Crippen molar-refractivity contribution in [3.05, 3.63) is 35.7 Å². The monoisotopic (exact) mass is 426 g/mol. The van der Waals surface area contributed by atoms with Gasteiger partial charge < -0.3 is 14.6 Å². The SMILES string of the molecule is COc1ccc(Cc2nnc(SCC(=O)NC34CC5CC(CC(C5)C3)C4)n2C)cc1. The van der Waals surface area contributed by atoms with Crippen molar-refractivity contribution in [2.24, 2.45) is 24.8 Å². The first-order chi connectivity index (χ1) is 14.5. The minimum atomic E-state index is 0.0752. The van der Waals surface area contributed by atoms with Gasteiger partial charge in [-0.1, -0.05) is 23.9 Å². The minimum absolute atomic E-state index is 0.0752. The molecule has 1 amide bonds. The number of ether oxygens (including phenoxy) is 1. The molecule has 30 heavy (non-hydrogen) atoms. The van der Waals surface area contributed by atoms with Crippen molar-refractivity contribution in [2.45, 2.75) is 55.6 Å². The Balaban J connectivity index is 1.17. The van der Waals surface area contributed by atoms with E-state index < -0.39 is 0 Å². The lowest BCUT2D eigenvalue weighted by Gasteiger charge is -2.56. The molecule has 0 spiro atoms. The molecule has 0 aliphatic heterocycles. The van der Waals surface area contributed by atoms with Crippen molar-refractivity contribution in [3.8, 4) is 5.75 Å². The van der Waals surface area contributed by atoms with Crippen LogP contribution in [0.15, 0.2) is 29.4 Å². The summed E-state index contributed by atoms with van der Waals surface area (Å²) in [6.45, 7) is 0. The number of rotatable bonds is 7. The van der Waals surface area contributed by atoms with E-state index in [1.54, 1.807) is 7.11 Å². The van der Waals surface area contributed by atoms with Crippen LogP contribution in [0.3, 0.4) is 0 Å². The van der Waals surface area contributed by atoms with Gasteiger partial charge >= 0.3 is 0 Å². The molecule has 160 valence electrons. The average molecular weight is 427 g/mol. The molecule has 0 atom stereocenters. The molecule has 1 heterocycles. The summed E-state index contributed by atoms with van der Waals surface area (Å²) >= 11 is 1.48. The second-order valence-corrected chi connectivity index (χ2v) is 10.5. The fourth-order valence-corrected chi connectivity index (χ4v) is 7.01. The molecule has 1 aromatic heterocycles. The van der Waals surface area contributed by atoms with Crippen LogP contribution in [-0.2, 0) is 18.3 Å². The second-order valence-electron chi connectivity index (χ2n) is 9.52. The third kappa shape index (κ3) is 3.96. The van der Waals surface area contributed by atoms with E-state index in [1.807, 2.05) is 35.9 Å². The van der Waals surface area contributed by atoms with Crippen LogP contribution < -0.4 is 10.1 Å². The van der Waals surface area contributed by atoms with E-state index in [1.165, 1.54) is 50.3 Å². The number of nitrogens with one attached hydrogen (secondary N) is 1. The van der Waals surface area contributed by atoms with Gasteiger partial charge in [0.25, 0.3) is 0 Å². The summed E-state index contributed by atoms with van der Waals surface area (Å²) in [6.07, 6.45) is 8.43. The first kappa shape index (κ1) is 19.9. The highest BCUT2D eigenvalue weighted by molar-refractivity contribution is 7.99. The van der Waals surface area contributed by atoms with Crippen molar-refractivity contribution >= 4 is 17.7 Å². The standard InChI is InChI=1S/C23H30N4O2S/c1-27-20(10-15-3-5-19(29-2)6-4-15)25-26-22(27)30-14-21(28)24-23-11-16-7-17(12-23)9-18(8-16)13-23/h3-6,16-18H,7-14H2,1-2H3,(H,24,28). The second kappa shape index (κ2) is 7.91. The van der Waals surface area contributed by atoms with Gasteiger partial charge in [0.15, 0.2) is 5.16 Å². The number of hydrogen-bond acceptors (Lipinski definition) is 5. The molecule has 4 bridgehead atoms. The molecule has 6 rings (SSSR count). The first-order valence-corrected chi connectivity index (χ1v) is 12.0. The van der Waals surface area contributed by atoms with Crippen LogP contribution >= 0.6 is 11.8 Å². The van der Waals surface area contributed by atoms with Crippen LogP contribution in [0.1, 0.15) is 49.9 Å². The van der Waals surface area contributed by atoms with Crippen LogP contribution in [0.5, 0.6) is 5.75 Å². The van der Waals surface area contributed by atoms with Crippen molar-refractivity contribution in [3.63, 3.8) is 0 Å². The Hall–Kier alpha value is -2.02. The summed E-state index contributed by atoms with van der Waals surface area (Å²) in [5.74, 6) is 4.79. The highest BCUT2D eigenvalue weighted by atomic mass is 32.2. The number of amides is 1. The van der Waals surface area contributed by atoms with E-state index in [0.29, 0.717) is 12.2 Å². The van der Waals surface area contributed by atoms with E-state index in [0.717, 1.165) is 40.0 Å². The molecule has 7 heteroatoms. The van der Waals surface area contributed by atoms with Gasteiger partial charge in [-0.3, -0.25) is 4.79 Å². The molecular formula is C23H30N4O2S. The summed E-state index contributed by atoms with van der Waals surface area (Å²) in [5, 5.41) is 12.9. The van der Waals surface area contributed by atoms with E-state index in [4.69, 9.17) is 4.74 Å². The number of thioether (sulfide) groups is 1. The van der Waals surface area contributed by atoms with Crippen molar-refractivity contribution in [1.29, 1.82) is 0 Å². The van der Waals surface area contributed by atoms with Gasteiger partial charge in [-0.05, 0) is 74.0 Å². The Bertz CT molecular complexity index is 889. The van der Waals surface area contributed by atoms with Gasteiger partial charge in [-0.15, -0.1) is 10.2 Å². The lowest BCUT2D eigenvalue weighted by molar-refractivity contribution is -0.124. The number of benzene rings is 1. The van der Waals surface area contributed by atoms with E-state index in [9.17, 15) is 4.79 Å². The molecule has 4 aliphatic carbocycles. The summed E-state index contributed by atoms with van der Waals surface area (Å²) < 4.78 is 7.21. The normalized spacial score (nSPS) is 29.2. The molecule has 6 nitrogen and oxygen atoms in total. The van der Waals surface area contributed by atoms with E-state index >= 15 is 0 Å². The lowest BCUT2D eigenvalue weighted by Crippen LogP contribution is -2.60. The van der Waals surface area contributed by atoms with Gasteiger partial charge in [0.05, 0.1) is 12.9 Å². The van der Waals surface area contributed by atoms with Crippen LogP contribution in [0.2, 0.25) is 0 Å². The topological polar surface area (TPSA) is 69.0 Å². The Morgan fingerprint density at radius 2 is 1.77 bits per heavy atom. The van der Waals surface area contributed by atoms with Crippen LogP contribution in [0.4, 0.5) is 0 Å². The van der Waals surface area contributed by atoms with Crippen LogP contribution in [0, 0.1) is 17.8 Å². The summed E-state index contributed by atoms with van der Waals surface area (Å²) in [6, 6.07) is 7.99. The predicted molar refractivity (Wildman–Crippen MR) is 117 cm³/mol. The summed E-state index contributed by atoms with van der Waals surface area (Å²) in [4.78, 5) is 12.8. The van der Waals surface area contributed by atoms with Crippen molar-refractivity contribution in [2.75, 3.05) is 12.9 Å². The van der Waals surface area contributed by atoms with E-state index in [-0.39, 0.29) is 11.4 Å². The maximum Gasteiger partial charge on any atom is 0.230 e. The molecule has 2 aromatic rings. The van der Waals surface area contributed by atoms with Gasteiger partial charge in [-0.25, -0.2) is 0 Å². The Morgan fingerprint density at radius 1 is 1.13 bits per heavy atom. The third-order valence-electron chi connectivity index (χ3n) is 7.22. The molecule has 1 N–H and O–H groups in total. The van der Waals surface area contributed by atoms with Crippen LogP contribution in [-0.4, -0.2) is 39.1 Å². The molecule has 4 aliphatic rings. The molecule has 4 fully saturated rings. The van der Waals surface area contributed by atoms with Crippen LogP contribution in [0.25, 0.3) is 0 Å². The molecular weight excluding hydrogens is 396 g/mol. The van der Waals surface area contributed by atoms with Crippen molar-refractivity contribution < 1.29 is 9.53 Å². The smallest absolute Gasteiger partial charge is 0.230 e. The van der Waals surface area contributed by atoms with E-state index in [2.05, 4.69) is 15.5 Å². The number of nitrogens with zero attached hydrogens (tertiary/aromatic N) is 3. The first-order valence-electron chi connectivity index (χ1n) is 11.0. The highest BCUT2D eigenvalue weighted by Gasteiger charge is 2.51. The Kier molecular flexibility index (Phi) is 5.25. The van der Waals surface area contributed by atoms with Gasteiger partial charge in [0.1, 0.15) is 11.6 Å². The zero-order valence-electron chi connectivity index (χ0n) is 17.8. The number of carbonyl (C=O) groups is 1. The van der Waals surface area contributed by atoms with Gasteiger partial charge in [0.2, 0.25) is 5.91 Å². The maximum absolute atomic E-state index is 12.8.